The average Bonchev–Trinajstić information content (AvgIpc) is 4.02. The maximum absolute atomic E-state index is 10.9. The van der Waals surface area contributed by atoms with Crippen LogP contribution in [-0.4, -0.2) is 23.7 Å². The molecular formula is C59H36N6. The van der Waals surface area contributed by atoms with Gasteiger partial charge in [0, 0.05) is 66.1 Å². The van der Waals surface area contributed by atoms with Crippen LogP contribution in [0.5, 0.6) is 0 Å². The van der Waals surface area contributed by atoms with Crippen LogP contribution in [0.4, 0.5) is 0 Å². The van der Waals surface area contributed by atoms with Crippen LogP contribution in [0.3, 0.4) is 0 Å². The monoisotopic (exact) mass is 828 g/mol. The van der Waals surface area contributed by atoms with Crippen molar-refractivity contribution in [1.29, 1.82) is 5.26 Å². The second-order valence-corrected chi connectivity index (χ2v) is 16.5. The molecule has 0 aliphatic carbocycles. The molecule has 0 atom stereocenters. The van der Waals surface area contributed by atoms with Gasteiger partial charge in [-0.2, -0.15) is 5.26 Å². The highest BCUT2D eigenvalue weighted by Crippen LogP contribution is 2.40. The van der Waals surface area contributed by atoms with Gasteiger partial charge in [0.15, 0.2) is 5.82 Å². The van der Waals surface area contributed by atoms with Crippen molar-refractivity contribution >= 4 is 65.4 Å². The Hall–Kier alpha value is -9.05. The molecule has 0 aliphatic heterocycles. The lowest BCUT2D eigenvalue weighted by molar-refractivity contribution is 1.15. The molecule has 0 saturated carbocycles. The number of nitrogens with zero attached hydrogens (tertiary/aromatic N) is 6. The van der Waals surface area contributed by atoms with E-state index >= 15 is 0 Å². The normalized spacial score (nSPS) is 11.7. The van der Waals surface area contributed by atoms with Gasteiger partial charge < -0.3 is 13.7 Å². The molecule has 6 nitrogen and oxygen atoms in total. The summed E-state index contributed by atoms with van der Waals surface area (Å²) >= 11 is 0. The first-order chi connectivity index (χ1) is 32.2. The predicted molar refractivity (Wildman–Crippen MR) is 266 cm³/mol. The lowest BCUT2D eigenvalue weighted by Crippen LogP contribution is -1.99. The Balaban J connectivity index is 1.04. The Morgan fingerprint density at radius 2 is 0.708 bits per heavy atom. The molecule has 4 aromatic heterocycles. The van der Waals surface area contributed by atoms with Crippen LogP contribution < -0.4 is 0 Å². The van der Waals surface area contributed by atoms with Gasteiger partial charge in [0.2, 0.25) is 0 Å². The first-order valence-corrected chi connectivity index (χ1v) is 21.8. The second-order valence-electron chi connectivity index (χ2n) is 16.5. The van der Waals surface area contributed by atoms with Crippen LogP contribution >= 0.6 is 0 Å². The van der Waals surface area contributed by atoms with E-state index in [4.69, 9.17) is 9.97 Å². The van der Waals surface area contributed by atoms with E-state index in [1.54, 1.807) is 0 Å². The second kappa shape index (κ2) is 14.5. The van der Waals surface area contributed by atoms with E-state index in [0.29, 0.717) is 17.1 Å². The highest BCUT2D eigenvalue weighted by atomic mass is 15.0. The molecule has 9 aromatic carbocycles. The zero-order valence-electron chi connectivity index (χ0n) is 35.0. The van der Waals surface area contributed by atoms with E-state index in [1.165, 1.54) is 21.5 Å². The molecule has 65 heavy (non-hydrogen) atoms. The van der Waals surface area contributed by atoms with E-state index in [2.05, 4.69) is 171 Å². The van der Waals surface area contributed by atoms with E-state index < -0.39 is 0 Å². The van der Waals surface area contributed by atoms with E-state index in [9.17, 15) is 5.26 Å². The molecule has 0 radical (unpaired) electrons. The van der Waals surface area contributed by atoms with Crippen molar-refractivity contribution in [1.82, 2.24) is 23.7 Å². The van der Waals surface area contributed by atoms with Crippen molar-refractivity contribution in [3.63, 3.8) is 0 Å². The summed E-state index contributed by atoms with van der Waals surface area (Å²) in [7, 11) is 0. The van der Waals surface area contributed by atoms with Gasteiger partial charge in [-0.15, -0.1) is 0 Å². The van der Waals surface area contributed by atoms with E-state index in [-0.39, 0.29) is 0 Å². The molecule has 0 aliphatic rings. The molecule has 13 rings (SSSR count). The molecule has 4 heterocycles. The smallest absolute Gasteiger partial charge is 0.160 e. The predicted octanol–water partition coefficient (Wildman–Crippen LogP) is 14.6. The average molecular weight is 829 g/mol. The largest absolute Gasteiger partial charge is 0.309 e. The van der Waals surface area contributed by atoms with Gasteiger partial charge in [-0.05, 0) is 84.9 Å². The maximum atomic E-state index is 10.9. The van der Waals surface area contributed by atoms with Crippen molar-refractivity contribution < 1.29 is 0 Å². The first kappa shape index (κ1) is 36.6. The Morgan fingerprint density at radius 1 is 0.323 bits per heavy atom. The number of benzene rings is 9. The zero-order valence-corrected chi connectivity index (χ0v) is 35.0. The maximum Gasteiger partial charge on any atom is 0.160 e. The van der Waals surface area contributed by atoms with Crippen LogP contribution in [-0.2, 0) is 0 Å². The molecule has 0 amide bonds. The SMILES string of the molecule is N#Cc1cc(-n2c3ccc(-n4c5ccccc5c5ccccc54)cc3c3cc(-n4c5ccccc5c5ccccc54)ccc32)ccc1-c1cc(-c2ccccc2)nc(-c2ccccc2)n1. The molecule has 0 fully saturated rings. The van der Waals surface area contributed by atoms with E-state index in [0.717, 1.165) is 83.3 Å². The third-order valence-corrected chi connectivity index (χ3v) is 12.9. The highest BCUT2D eigenvalue weighted by Gasteiger charge is 2.21. The van der Waals surface area contributed by atoms with Gasteiger partial charge in [-0.25, -0.2) is 9.97 Å². The van der Waals surface area contributed by atoms with Gasteiger partial charge >= 0.3 is 0 Å². The summed E-state index contributed by atoms with van der Waals surface area (Å²) in [5, 5.41) is 18.0. The minimum atomic E-state index is 0.526. The minimum absolute atomic E-state index is 0.526. The van der Waals surface area contributed by atoms with Crippen LogP contribution in [0.2, 0.25) is 0 Å². The van der Waals surface area contributed by atoms with Crippen molar-refractivity contribution in [3.8, 4) is 57.0 Å². The number of rotatable bonds is 6. The summed E-state index contributed by atoms with van der Waals surface area (Å²) in [6, 6.07) is 79.0. The fourth-order valence-electron chi connectivity index (χ4n) is 10.0. The lowest BCUT2D eigenvalue weighted by Gasteiger charge is -2.13. The van der Waals surface area contributed by atoms with Gasteiger partial charge in [0.05, 0.1) is 56.1 Å². The van der Waals surface area contributed by atoms with E-state index in [1.807, 2.05) is 66.7 Å². The number of hydrogen-bond acceptors (Lipinski definition) is 3. The molecule has 0 saturated heterocycles. The Labute approximate surface area is 373 Å². The molecule has 13 aromatic rings. The summed E-state index contributed by atoms with van der Waals surface area (Å²) < 4.78 is 7.05. The molecule has 0 bridgehead atoms. The van der Waals surface area contributed by atoms with Gasteiger partial charge in [-0.1, -0.05) is 133 Å². The third-order valence-electron chi connectivity index (χ3n) is 12.9. The van der Waals surface area contributed by atoms with Crippen molar-refractivity contribution in [2.75, 3.05) is 0 Å². The highest BCUT2D eigenvalue weighted by molar-refractivity contribution is 6.14. The standard InChI is InChI=1S/C59H36N6/c60-37-40-33-41(27-30-44(40)52-36-51(38-15-3-1-4-16-38)61-59(62-52)39-17-5-2-6-18-39)63-57-31-28-42(64-53-23-11-7-19-45(53)46-20-8-12-24-54(46)64)34-49(57)50-35-43(29-32-58(50)63)65-55-25-13-9-21-47(55)48-22-10-14-26-56(48)65/h1-36H. The van der Waals surface area contributed by atoms with Crippen LogP contribution in [0, 0.1) is 11.3 Å². The summed E-state index contributed by atoms with van der Waals surface area (Å²) in [5.41, 5.74) is 14.4. The van der Waals surface area contributed by atoms with Crippen LogP contribution in [0.25, 0.3) is 116 Å². The van der Waals surface area contributed by atoms with Crippen molar-refractivity contribution in [3.05, 3.63) is 224 Å². The number of para-hydroxylation sites is 4. The summed E-state index contributed by atoms with van der Waals surface area (Å²) in [6.45, 7) is 0. The summed E-state index contributed by atoms with van der Waals surface area (Å²) in [5.74, 6) is 0.607. The Bertz CT molecular complexity index is 3740. The molecule has 302 valence electrons. The molecule has 6 heteroatoms. The molecular weight excluding hydrogens is 793 g/mol. The fraction of sp³-hybridized carbons (Fsp3) is 0. The van der Waals surface area contributed by atoms with Gasteiger partial charge in [0.25, 0.3) is 0 Å². The topological polar surface area (TPSA) is 64.4 Å². The first-order valence-electron chi connectivity index (χ1n) is 21.8. The van der Waals surface area contributed by atoms with Crippen molar-refractivity contribution in [2.45, 2.75) is 0 Å². The van der Waals surface area contributed by atoms with Crippen molar-refractivity contribution in [2.24, 2.45) is 0 Å². The number of hydrogen-bond donors (Lipinski definition) is 0. The zero-order chi connectivity index (χ0) is 43.0. The van der Waals surface area contributed by atoms with Gasteiger partial charge in [0.1, 0.15) is 0 Å². The number of fused-ring (bicyclic) bond motifs is 9. The summed E-state index contributed by atoms with van der Waals surface area (Å²) in [6.07, 6.45) is 0. The Kier molecular flexibility index (Phi) is 8.17. The van der Waals surface area contributed by atoms with Crippen LogP contribution in [0.15, 0.2) is 218 Å². The molecule has 0 spiro atoms. The number of aromatic nitrogens is 5. The lowest BCUT2D eigenvalue weighted by atomic mass is 10.0. The fourth-order valence-corrected chi connectivity index (χ4v) is 10.0. The minimum Gasteiger partial charge on any atom is -0.309 e. The van der Waals surface area contributed by atoms with Crippen LogP contribution in [0.1, 0.15) is 5.56 Å². The molecule has 0 N–H and O–H groups in total. The quantitative estimate of drug-likeness (QED) is 0.168. The van der Waals surface area contributed by atoms with Gasteiger partial charge in [-0.3, -0.25) is 0 Å². The third kappa shape index (κ3) is 5.73. The Morgan fingerprint density at radius 3 is 1.18 bits per heavy atom. The molecule has 0 unspecified atom stereocenters. The number of nitriles is 1. The summed E-state index contributed by atoms with van der Waals surface area (Å²) in [4.78, 5) is 10.1.